The molecule has 23 heavy (non-hydrogen) atoms. The molecule has 0 saturated carbocycles. The number of rotatable bonds is 3. The SMILES string of the molecule is O=C(c1cc2sccc2n1Cc1ccccc1)N1CCSCC1. The van der Waals surface area contributed by atoms with Crippen LogP contribution in [-0.4, -0.2) is 40.0 Å². The summed E-state index contributed by atoms with van der Waals surface area (Å²) in [5.74, 6) is 2.25. The van der Waals surface area contributed by atoms with Crippen LogP contribution < -0.4 is 0 Å². The van der Waals surface area contributed by atoms with E-state index in [-0.39, 0.29) is 5.91 Å². The van der Waals surface area contributed by atoms with E-state index in [1.165, 1.54) is 10.3 Å². The first kappa shape index (κ1) is 14.8. The summed E-state index contributed by atoms with van der Waals surface area (Å²) in [4.78, 5) is 15.0. The van der Waals surface area contributed by atoms with E-state index in [2.05, 4.69) is 34.2 Å². The van der Waals surface area contributed by atoms with Crippen LogP contribution in [0.4, 0.5) is 0 Å². The van der Waals surface area contributed by atoms with Crippen molar-refractivity contribution in [1.29, 1.82) is 0 Å². The molecule has 0 radical (unpaired) electrons. The Hall–Kier alpha value is -1.72. The zero-order valence-corrected chi connectivity index (χ0v) is 14.4. The van der Waals surface area contributed by atoms with E-state index in [4.69, 9.17) is 0 Å². The molecule has 0 unspecified atom stereocenters. The van der Waals surface area contributed by atoms with Gasteiger partial charge in [-0.25, -0.2) is 0 Å². The highest BCUT2D eigenvalue weighted by Gasteiger charge is 2.23. The molecule has 0 bridgehead atoms. The van der Waals surface area contributed by atoms with Gasteiger partial charge in [-0.2, -0.15) is 11.8 Å². The number of aromatic nitrogens is 1. The summed E-state index contributed by atoms with van der Waals surface area (Å²) in [6.07, 6.45) is 0. The molecule has 1 saturated heterocycles. The van der Waals surface area contributed by atoms with Gasteiger partial charge in [-0.05, 0) is 23.1 Å². The molecule has 0 aliphatic carbocycles. The molecule has 3 aromatic rings. The van der Waals surface area contributed by atoms with E-state index in [9.17, 15) is 4.79 Å². The Kier molecular flexibility index (Phi) is 4.14. The highest BCUT2D eigenvalue weighted by molar-refractivity contribution is 7.99. The average Bonchev–Trinajstić information content (AvgIpc) is 3.19. The Morgan fingerprint density at radius 1 is 1.09 bits per heavy atom. The lowest BCUT2D eigenvalue weighted by molar-refractivity contribution is 0.0762. The van der Waals surface area contributed by atoms with Gasteiger partial charge in [-0.15, -0.1) is 11.3 Å². The van der Waals surface area contributed by atoms with Crippen molar-refractivity contribution < 1.29 is 4.79 Å². The van der Waals surface area contributed by atoms with Crippen LogP contribution in [0.15, 0.2) is 47.8 Å². The van der Waals surface area contributed by atoms with Crippen LogP contribution in [0.1, 0.15) is 16.1 Å². The molecule has 1 fully saturated rings. The van der Waals surface area contributed by atoms with Gasteiger partial charge in [0.2, 0.25) is 0 Å². The summed E-state index contributed by atoms with van der Waals surface area (Å²) in [5, 5.41) is 2.10. The number of hydrogen-bond donors (Lipinski definition) is 0. The Morgan fingerprint density at radius 3 is 2.65 bits per heavy atom. The molecule has 0 N–H and O–H groups in total. The van der Waals surface area contributed by atoms with Gasteiger partial charge in [0.1, 0.15) is 5.69 Å². The molecule has 2 aromatic heterocycles. The van der Waals surface area contributed by atoms with Gasteiger partial charge < -0.3 is 9.47 Å². The van der Waals surface area contributed by atoms with E-state index in [1.807, 2.05) is 34.9 Å². The van der Waals surface area contributed by atoms with Crippen LogP contribution >= 0.6 is 23.1 Å². The average molecular weight is 342 g/mol. The normalized spacial score (nSPS) is 15.2. The van der Waals surface area contributed by atoms with E-state index in [1.54, 1.807) is 11.3 Å². The molecule has 1 amide bonds. The molecule has 118 valence electrons. The molecule has 5 heteroatoms. The van der Waals surface area contributed by atoms with Gasteiger partial charge in [0.25, 0.3) is 5.91 Å². The second-order valence-corrected chi connectivity index (χ2v) is 7.85. The number of hydrogen-bond acceptors (Lipinski definition) is 3. The Morgan fingerprint density at radius 2 is 1.87 bits per heavy atom. The quantitative estimate of drug-likeness (QED) is 0.720. The lowest BCUT2D eigenvalue weighted by Gasteiger charge is -2.27. The number of amides is 1. The minimum Gasteiger partial charge on any atom is -0.336 e. The van der Waals surface area contributed by atoms with Crippen molar-refractivity contribution >= 4 is 39.2 Å². The lowest BCUT2D eigenvalue weighted by atomic mass is 10.2. The van der Waals surface area contributed by atoms with Crippen LogP contribution in [0.3, 0.4) is 0 Å². The second kappa shape index (κ2) is 6.42. The minimum atomic E-state index is 0.171. The molecule has 3 heterocycles. The van der Waals surface area contributed by atoms with Crippen LogP contribution in [0, 0.1) is 0 Å². The monoisotopic (exact) mass is 342 g/mol. The van der Waals surface area contributed by atoms with Crippen LogP contribution in [0.5, 0.6) is 0 Å². The predicted octanol–water partition coefficient (Wildman–Crippen LogP) is 3.94. The standard InChI is InChI=1S/C18H18N2OS2/c21-18(19-7-10-22-11-8-19)16-12-17-15(6-9-23-17)20(16)13-14-4-2-1-3-5-14/h1-6,9,12H,7-8,10-11,13H2. The number of thioether (sulfide) groups is 1. The third kappa shape index (κ3) is 2.91. The molecular formula is C18H18N2OS2. The highest BCUT2D eigenvalue weighted by Crippen LogP contribution is 2.27. The first-order chi connectivity index (χ1) is 11.3. The van der Waals surface area contributed by atoms with E-state index in [0.717, 1.165) is 42.4 Å². The number of carbonyl (C=O) groups excluding carboxylic acids is 1. The Balaban J connectivity index is 1.72. The molecule has 3 nitrogen and oxygen atoms in total. The van der Waals surface area contributed by atoms with E-state index >= 15 is 0 Å². The number of nitrogens with zero attached hydrogens (tertiary/aromatic N) is 2. The van der Waals surface area contributed by atoms with Gasteiger partial charge in [-0.3, -0.25) is 4.79 Å². The van der Waals surface area contributed by atoms with E-state index < -0.39 is 0 Å². The van der Waals surface area contributed by atoms with E-state index in [0.29, 0.717) is 0 Å². The number of benzene rings is 1. The minimum absolute atomic E-state index is 0.171. The van der Waals surface area contributed by atoms with Crippen LogP contribution in [0.25, 0.3) is 10.2 Å². The first-order valence-electron chi connectivity index (χ1n) is 7.80. The van der Waals surface area contributed by atoms with Crippen molar-refractivity contribution in [3.8, 4) is 0 Å². The van der Waals surface area contributed by atoms with Crippen molar-refractivity contribution in [1.82, 2.24) is 9.47 Å². The maximum Gasteiger partial charge on any atom is 0.270 e. The predicted molar refractivity (Wildman–Crippen MR) is 98.6 cm³/mol. The van der Waals surface area contributed by atoms with Gasteiger partial charge >= 0.3 is 0 Å². The third-order valence-corrected chi connectivity index (χ3v) is 6.02. The fourth-order valence-corrected chi connectivity index (χ4v) is 4.74. The van der Waals surface area contributed by atoms with Crippen LogP contribution in [0.2, 0.25) is 0 Å². The number of carbonyl (C=O) groups is 1. The summed E-state index contributed by atoms with van der Waals surface area (Å²) in [5.41, 5.74) is 3.20. The zero-order valence-electron chi connectivity index (χ0n) is 12.8. The maximum atomic E-state index is 13.0. The van der Waals surface area contributed by atoms with Gasteiger partial charge in [-0.1, -0.05) is 30.3 Å². The molecule has 1 aliphatic heterocycles. The van der Waals surface area contributed by atoms with Crippen molar-refractivity contribution in [2.45, 2.75) is 6.54 Å². The fourth-order valence-electron chi connectivity index (χ4n) is 3.02. The summed E-state index contributed by atoms with van der Waals surface area (Å²) >= 11 is 3.63. The molecule has 4 rings (SSSR count). The molecule has 0 spiro atoms. The smallest absolute Gasteiger partial charge is 0.270 e. The number of fused-ring (bicyclic) bond motifs is 1. The Bertz CT molecular complexity index is 816. The van der Waals surface area contributed by atoms with Gasteiger partial charge in [0.15, 0.2) is 0 Å². The number of thiophene rings is 1. The second-order valence-electron chi connectivity index (χ2n) is 5.68. The molecule has 1 aliphatic rings. The Labute approximate surface area is 143 Å². The molecule has 0 atom stereocenters. The van der Waals surface area contributed by atoms with Crippen molar-refractivity contribution in [2.75, 3.05) is 24.6 Å². The van der Waals surface area contributed by atoms with Gasteiger partial charge in [0.05, 0.1) is 10.2 Å². The fraction of sp³-hybridized carbons (Fsp3) is 0.278. The summed E-state index contributed by atoms with van der Waals surface area (Å²) in [6, 6.07) is 14.5. The highest BCUT2D eigenvalue weighted by atomic mass is 32.2. The largest absolute Gasteiger partial charge is 0.336 e. The first-order valence-corrected chi connectivity index (χ1v) is 9.84. The van der Waals surface area contributed by atoms with Crippen molar-refractivity contribution in [3.05, 3.63) is 59.1 Å². The third-order valence-electron chi connectivity index (χ3n) is 4.22. The summed E-state index contributed by atoms with van der Waals surface area (Å²) in [7, 11) is 0. The molecule has 1 aromatic carbocycles. The van der Waals surface area contributed by atoms with Gasteiger partial charge in [0, 0.05) is 31.1 Å². The van der Waals surface area contributed by atoms with Crippen LogP contribution in [-0.2, 0) is 6.54 Å². The lowest BCUT2D eigenvalue weighted by Crippen LogP contribution is -2.38. The topological polar surface area (TPSA) is 25.2 Å². The van der Waals surface area contributed by atoms with Crippen molar-refractivity contribution in [3.63, 3.8) is 0 Å². The maximum absolute atomic E-state index is 13.0. The summed E-state index contributed by atoms with van der Waals surface area (Å²) < 4.78 is 3.36. The van der Waals surface area contributed by atoms with Crippen molar-refractivity contribution in [2.24, 2.45) is 0 Å². The zero-order chi connectivity index (χ0) is 15.6. The molecular weight excluding hydrogens is 324 g/mol. The summed E-state index contributed by atoms with van der Waals surface area (Å²) in [6.45, 7) is 2.45.